The standard InChI is InChI=1S/C21H22ClN3O2/c1-14-4-2-3-5-18(14)21(16-8-9-25(12-16)20(27)13-26)24-17-7-6-15(11-23)19(22)10-17/h2-7,10,16,21,24,26H,8-9,12-13H2,1H3/t16-,21?/m0/s1. The number of likely N-dealkylation sites (tertiary alicyclic amines) is 1. The van der Waals surface area contributed by atoms with Crippen molar-refractivity contribution in [2.45, 2.75) is 19.4 Å². The lowest BCUT2D eigenvalue weighted by Gasteiger charge is -2.28. The van der Waals surface area contributed by atoms with E-state index in [1.54, 1.807) is 17.0 Å². The van der Waals surface area contributed by atoms with Gasteiger partial charge in [0.2, 0.25) is 5.91 Å². The number of amides is 1. The molecule has 0 aliphatic carbocycles. The highest BCUT2D eigenvalue weighted by molar-refractivity contribution is 6.32. The SMILES string of the molecule is Cc1ccccc1C(Nc1ccc(C#N)c(Cl)c1)[C@H]1CCN(C(=O)CO)C1. The second-order valence-corrected chi connectivity index (χ2v) is 7.24. The van der Waals surface area contributed by atoms with Crippen molar-refractivity contribution in [2.75, 3.05) is 25.0 Å². The molecule has 27 heavy (non-hydrogen) atoms. The van der Waals surface area contributed by atoms with E-state index in [0.717, 1.165) is 12.1 Å². The summed E-state index contributed by atoms with van der Waals surface area (Å²) in [5, 5.41) is 22.2. The van der Waals surface area contributed by atoms with Crippen LogP contribution >= 0.6 is 11.6 Å². The number of anilines is 1. The summed E-state index contributed by atoms with van der Waals surface area (Å²) in [5.41, 5.74) is 3.61. The lowest BCUT2D eigenvalue weighted by Crippen LogP contribution is -2.32. The monoisotopic (exact) mass is 383 g/mol. The van der Waals surface area contributed by atoms with Crippen LogP contribution in [0.4, 0.5) is 5.69 Å². The fraction of sp³-hybridized carbons (Fsp3) is 0.333. The third-order valence-corrected chi connectivity index (χ3v) is 5.43. The maximum atomic E-state index is 11.9. The molecule has 0 bridgehead atoms. The summed E-state index contributed by atoms with van der Waals surface area (Å²) in [5.74, 6) is -0.0292. The molecule has 1 saturated heterocycles. The lowest BCUT2D eigenvalue weighted by atomic mass is 9.89. The van der Waals surface area contributed by atoms with Gasteiger partial charge >= 0.3 is 0 Å². The quantitative estimate of drug-likeness (QED) is 0.828. The summed E-state index contributed by atoms with van der Waals surface area (Å²) in [4.78, 5) is 13.6. The fourth-order valence-corrected chi connectivity index (χ4v) is 3.87. The van der Waals surface area contributed by atoms with Gasteiger partial charge in [-0.2, -0.15) is 5.26 Å². The van der Waals surface area contributed by atoms with Crippen LogP contribution in [0.2, 0.25) is 5.02 Å². The second kappa shape index (κ2) is 8.43. The zero-order chi connectivity index (χ0) is 19.4. The van der Waals surface area contributed by atoms with Crippen molar-refractivity contribution in [3.05, 3.63) is 64.2 Å². The number of halogens is 1. The normalized spacial score (nSPS) is 17.4. The van der Waals surface area contributed by atoms with Crippen LogP contribution in [0.15, 0.2) is 42.5 Å². The van der Waals surface area contributed by atoms with Crippen LogP contribution in [0.25, 0.3) is 0 Å². The van der Waals surface area contributed by atoms with E-state index in [1.165, 1.54) is 11.1 Å². The van der Waals surface area contributed by atoms with Crippen LogP contribution < -0.4 is 5.32 Å². The maximum Gasteiger partial charge on any atom is 0.248 e. The van der Waals surface area contributed by atoms with Gasteiger partial charge in [0.15, 0.2) is 0 Å². The molecule has 5 nitrogen and oxygen atoms in total. The molecule has 0 aromatic heterocycles. The first kappa shape index (κ1) is 19.2. The smallest absolute Gasteiger partial charge is 0.248 e. The van der Waals surface area contributed by atoms with Crippen LogP contribution in [-0.4, -0.2) is 35.6 Å². The van der Waals surface area contributed by atoms with Gasteiger partial charge < -0.3 is 15.3 Å². The van der Waals surface area contributed by atoms with Crippen molar-refractivity contribution in [1.82, 2.24) is 4.90 Å². The number of carbonyl (C=O) groups excluding carboxylic acids is 1. The summed E-state index contributed by atoms with van der Waals surface area (Å²) < 4.78 is 0. The zero-order valence-corrected chi connectivity index (χ0v) is 15.9. The number of benzene rings is 2. The van der Waals surface area contributed by atoms with E-state index in [1.807, 2.05) is 18.2 Å². The minimum atomic E-state index is -0.458. The van der Waals surface area contributed by atoms with E-state index in [-0.39, 0.29) is 17.9 Å². The Morgan fingerprint density at radius 2 is 2.19 bits per heavy atom. The summed E-state index contributed by atoms with van der Waals surface area (Å²) >= 11 is 6.19. The number of hydrogen-bond donors (Lipinski definition) is 2. The highest BCUT2D eigenvalue weighted by Crippen LogP contribution is 2.35. The van der Waals surface area contributed by atoms with Crippen LogP contribution in [0.1, 0.15) is 29.2 Å². The van der Waals surface area contributed by atoms with Gasteiger partial charge in [-0.3, -0.25) is 4.79 Å². The van der Waals surface area contributed by atoms with Crippen molar-refractivity contribution in [2.24, 2.45) is 5.92 Å². The molecule has 1 fully saturated rings. The summed E-state index contributed by atoms with van der Waals surface area (Å²) in [7, 11) is 0. The van der Waals surface area contributed by atoms with Crippen LogP contribution in [0, 0.1) is 24.2 Å². The first-order chi connectivity index (χ1) is 13.0. The van der Waals surface area contributed by atoms with Gasteiger partial charge in [-0.15, -0.1) is 0 Å². The molecule has 0 spiro atoms. The second-order valence-electron chi connectivity index (χ2n) is 6.83. The Balaban J connectivity index is 1.90. The van der Waals surface area contributed by atoms with Crippen molar-refractivity contribution >= 4 is 23.2 Å². The first-order valence-electron chi connectivity index (χ1n) is 8.94. The van der Waals surface area contributed by atoms with Crippen molar-refractivity contribution < 1.29 is 9.90 Å². The van der Waals surface area contributed by atoms with Crippen LogP contribution in [0.3, 0.4) is 0 Å². The minimum Gasteiger partial charge on any atom is -0.387 e. The van der Waals surface area contributed by atoms with E-state index in [0.29, 0.717) is 23.7 Å². The number of nitrogens with one attached hydrogen (secondary N) is 1. The highest BCUT2D eigenvalue weighted by Gasteiger charge is 2.33. The van der Waals surface area contributed by atoms with Gasteiger partial charge in [0.25, 0.3) is 0 Å². The molecular weight excluding hydrogens is 362 g/mol. The molecule has 2 atom stereocenters. The Morgan fingerprint density at radius 3 is 2.85 bits per heavy atom. The molecule has 0 radical (unpaired) electrons. The maximum absolute atomic E-state index is 11.9. The van der Waals surface area contributed by atoms with E-state index in [2.05, 4.69) is 30.4 Å². The topological polar surface area (TPSA) is 76.4 Å². The Kier molecular flexibility index (Phi) is 6.00. The summed E-state index contributed by atoms with van der Waals surface area (Å²) in [6.45, 7) is 2.85. The van der Waals surface area contributed by atoms with Gasteiger partial charge in [-0.1, -0.05) is 35.9 Å². The van der Waals surface area contributed by atoms with E-state index in [9.17, 15) is 4.79 Å². The van der Waals surface area contributed by atoms with Crippen molar-refractivity contribution in [1.29, 1.82) is 5.26 Å². The highest BCUT2D eigenvalue weighted by atomic mass is 35.5. The van der Waals surface area contributed by atoms with Gasteiger partial charge in [0, 0.05) is 24.7 Å². The molecule has 140 valence electrons. The molecule has 1 aliphatic rings. The Bertz CT molecular complexity index is 878. The largest absolute Gasteiger partial charge is 0.387 e. The zero-order valence-electron chi connectivity index (χ0n) is 15.2. The van der Waals surface area contributed by atoms with E-state index < -0.39 is 6.61 Å². The van der Waals surface area contributed by atoms with Gasteiger partial charge in [-0.25, -0.2) is 0 Å². The third-order valence-electron chi connectivity index (χ3n) is 5.12. The van der Waals surface area contributed by atoms with Gasteiger partial charge in [0.05, 0.1) is 16.6 Å². The predicted molar refractivity (Wildman–Crippen MR) is 105 cm³/mol. The molecule has 6 heteroatoms. The number of nitrogens with zero attached hydrogens (tertiary/aromatic N) is 2. The Labute approximate surface area is 164 Å². The van der Waals surface area contributed by atoms with Crippen molar-refractivity contribution in [3.8, 4) is 6.07 Å². The average molecular weight is 384 g/mol. The average Bonchev–Trinajstić information content (AvgIpc) is 3.16. The number of rotatable bonds is 5. The van der Waals surface area contributed by atoms with Gasteiger partial charge in [-0.05, 0) is 42.7 Å². The molecule has 1 amide bonds. The summed E-state index contributed by atoms with van der Waals surface area (Å²) in [6.07, 6.45) is 0.849. The van der Waals surface area contributed by atoms with E-state index in [4.69, 9.17) is 22.0 Å². The Morgan fingerprint density at radius 1 is 1.41 bits per heavy atom. The number of aliphatic hydroxyl groups excluding tert-OH is 1. The van der Waals surface area contributed by atoms with Crippen LogP contribution in [-0.2, 0) is 4.79 Å². The molecule has 1 unspecified atom stereocenters. The van der Waals surface area contributed by atoms with Gasteiger partial charge in [0.1, 0.15) is 12.7 Å². The molecule has 1 aliphatic heterocycles. The lowest BCUT2D eigenvalue weighted by molar-refractivity contribution is -0.133. The summed E-state index contributed by atoms with van der Waals surface area (Å²) in [6, 6.07) is 15.6. The molecule has 1 heterocycles. The number of aliphatic hydroxyl groups is 1. The molecular formula is C21H22ClN3O2. The number of carbonyl (C=O) groups is 1. The minimum absolute atomic E-state index is 0.00769. The fourth-order valence-electron chi connectivity index (χ4n) is 3.65. The molecule has 2 aromatic rings. The van der Waals surface area contributed by atoms with Crippen LogP contribution in [0.5, 0.6) is 0 Å². The molecule has 2 N–H and O–H groups in total. The Hall–Kier alpha value is -2.55. The number of aryl methyl sites for hydroxylation is 1. The molecule has 3 rings (SSSR count). The third kappa shape index (κ3) is 4.24. The predicted octanol–water partition coefficient (Wildman–Crippen LogP) is 3.51. The molecule has 0 saturated carbocycles. The number of hydrogen-bond acceptors (Lipinski definition) is 4. The van der Waals surface area contributed by atoms with E-state index >= 15 is 0 Å². The first-order valence-corrected chi connectivity index (χ1v) is 9.31. The number of nitriles is 1. The molecule has 2 aromatic carbocycles. The van der Waals surface area contributed by atoms with Crippen molar-refractivity contribution in [3.63, 3.8) is 0 Å².